The van der Waals surface area contributed by atoms with Crippen LogP contribution < -0.4 is 10.6 Å². The number of ether oxygens (including phenoxy) is 2. The van der Waals surface area contributed by atoms with E-state index in [1.54, 1.807) is 0 Å². The molecular formula is C29H53N5O25P2. The van der Waals surface area contributed by atoms with Crippen molar-refractivity contribution in [2.75, 3.05) is 78.7 Å². The Morgan fingerprint density at radius 3 is 1.51 bits per heavy atom. The highest BCUT2D eigenvalue weighted by Crippen LogP contribution is 2.61. The normalized spacial score (nSPS) is 21.9. The Labute approximate surface area is 344 Å². The average molecular weight is 934 g/mol. The molecule has 0 bridgehead atoms. The summed E-state index contributed by atoms with van der Waals surface area (Å²) in [5.74, 6) is -8.33. The lowest BCUT2D eigenvalue weighted by molar-refractivity contribution is -0.300. The van der Waals surface area contributed by atoms with Crippen LogP contribution in [0.15, 0.2) is 0 Å². The van der Waals surface area contributed by atoms with Gasteiger partial charge in [0.05, 0.1) is 65.0 Å². The van der Waals surface area contributed by atoms with Crippen molar-refractivity contribution in [1.82, 2.24) is 25.3 Å². The van der Waals surface area contributed by atoms with Crippen molar-refractivity contribution in [3.8, 4) is 0 Å². The zero-order valence-corrected chi connectivity index (χ0v) is 33.8. The number of rotatable bonds is 30. The van der Waals surface area contributed by atoms with Gasteiger partial charge in [0.15, 0.2) is 11.7 Å². The van der Waals surface area contributed by atoms with E-state index in [4.69, 9.17) is 19.7 Å². The summed E-state index contributed by atoms with van der Waals surface area (Å²) in [5, 5.41) is 111. The fraction of sp³-hybridized carbons (Fsp3) is 0.793. The van der Waals surface area contributed by atoms with E-state index in [9.17, 15) is 103 Å². The van der Waals surface area contributed by atoms with Gasteiger partial charge in [0.25, 0.3) is 0 Å². The van der Waals surface area contributed by atoms with E-state index in [2.05, 4.69) is 5.32 Å². The molecule has 0 aromatic heterocycles. The lowest BCUT2D eigenvalue weighted by atomic mass is 9.96. The highest BCUT2D eigenvalue weighted by molar-refractivity contribution is 7.70. The van der Waals surface area contributed by atoms with Gasteiger partial charge in [-0.05, 0) is 0 Å². The van der Waals surface area contributed by atoms with Gasteiger partial charge in [0.1, 0.15) is 42.7 Å². The molecule has 1 heterocycles. The molecule has 354 valence electrons. The molecule has 0 aromatic carbocycles. The number of hydrogen-bond donors (Lipinski definition) is 17. The van der Waals surface area contributed by atoms with Crippen molar-refractivity contribution < 1.29 is 123 Å². The number of hydrogen-bond acceptors (Lipinski definition) is 20. The van der Waals surface area contributed by atoms with Crippen LogP contribution in [0.5, 0.6) is 0 Å². The maximum atomic E-state index is 13.4. The molecule has 9 atom stereocenters. The minimum Gasteiger partial charge on any atom is -0.480 e. The minimum absolute atomic E-state index is 0.233. The minimum atomic E-state index is -5.63. The van der Waals surface area contributed by atoms with Crippen molar-refractivity contribution in [3.63, 3.8) is 0 Å². The van der Waals surface area contributed by atoms with E-state index >= 15 is 0 Å². The number of aliphatic hydroxyl groups is 7. The second kappa shape index (κ2) is 25.7. The lowest BCUT2D eigenvalue weighted by Crippen LogP contribution is -2.67. The summed E-state index contributed by atoms with van der Waals surface area (Å²) in [6, 6.07) is -3.97. The van der Waals surface area contributed by atoms with Gasteiger partial charge in [0, 0.05) is 26.2 Å². The first kappa shape index (κ1) is 55.7. The molecule has 1 saturated heterocycles. The summed E-state index contributed by atoms with van der Waals surface area (Å²) in [5.41, 5.74) is 0. The molecule has 30 nitrogen and oxygen atoms in total. The predicted octanol–water partition coefficient (Wildman–Crippen LogP) is -9.20. The molecule has 0 radical (unpaired) electrons. The molecule has 0 saturated carbocycles. The number of carboxylic acids is 4. The number of aliphatic hydroxyl groups excluding tert-OH is 7. The van der Waals surface area contributed by atoms with Crippen LogP contribution in [0.3, 0.4) is 0 Å². The maximum Gasteiger partial charge on any atom is 0.341 e. The maximum absolute atomic E-state index is 13.4. The second-order valence-corrected chi connectivity index (χ2v) is 17.6. The summed E-state index contributed by atoms with van der Waals surface area (Å²) < 4.78 is 34.3. The molecule has 0 aliphatic carbocycles. The van der Waals surface area contributed by atoms with E-state index in [1.165, 1.54) is 4.90 Å². The molecule has 1 fully saturated rings. The molecule has 32 heteroatoms. The third kappa shape index (κ3) is 19.7. The third-order valence-electron chi connectivity index (χ3n) is 8.77. The van der Waals surface area contributed by atoms with Crippen LogP contribution in [0.2, 0.25) is 0 Å². The summed E-state index contributed by atoms with van der Waals surface area (Å²) in [6.07, 6.45) is -16.3. The van der Waals surface area contributed by atoms with Gasteiger partial charge in [0.2, 0.25) is 11.8 Å². The monoisotopic (exact) mass is 933 g/mol. The van der Waals surface area contributed by atoms with Gasteiger partial charge in [-0.25, -0.2) is 0 Å². The zero-order chi connectivity index (χ0) is 47.0. The van der Waals surface area contributed by atoms with Crippen LogP contribution in [-0.2, 0) is 47.4 Å². The van der Waals surface area contributed by atoms with Gasteiger partial charge in [-0.2, -0.15) is 0 Å². The number of amides is 2. The standard InChI is InChI=1S/C29H53N5O25P2/c35-11-14(30-17(39)5-23(60(52,53)54)61(55,56)57)25(49)28(15(38)12-36)59-29-24(27(51)26(50)16(13-37)58-29)31-18(40)6-33(8-20(43)44)3-1-32(7-19(41)42)2-4-34(9-21(45)46)10-22(47)48/h14-16,23-29,35-38,49-51H,1-13H2,(H,30,39)(H,31,40)(H,41,42)(H,43,44)(H,45,46)(H,47,48)(H2,52,53,54)(H2,55,56,57)/t14?,15?,16?,24?,25-,26+,27-,28+,29-/m0/s1. The van der Waals surface area contributed by atoms with E-state index < -0.39 is 170 Å². The number of nitrogens with one attached hydrogen (secondary N) is 2. The summed E-state index contributed by atoms with van der Waals surface area (Å²) in [7, 11) is -11.3. The first-order valence-corrected chi connectivity index (χ1v) is 21.1. The van der Waals surface area contributed by atoms with Crippen molar-refractivity contribution in [1.29, 1.82) is 0 Å². The summed E-state index contributed by atoms with van der Waals surface area (Å²) in [4.78, 5) is 112. The van der Waals surface area contributed by atoms with Gasteiger partial charge in [-0.1, -0.05) is 0 Å². The Morgan fingerprint density at radius 2 is 1.10 bits per heavy atom. The predicted molar refractivity (Wildman–Crippen MR) is 195 cm³/mol. The fourth-order valence-electron chi connectivity index (χ4n) is 5.81. The van der Waals surface area contributed by atoms with E-state index in [0.29, 0.717) is 0 Å². The Bertz CT molecular complexity index is 1530. The van der Waals surface area contributed by atoms with Crippen LogP contribution in [0.4, 0.5) is 0 Å². The summed E-state index contributed by atoms with van der Waals surface area (Å²) in [6.45, 7) is -8.58. The van der Waals surface area contributed by atoms with Crippen LogP contribution in [0, 0.1) is 0 Å². The Hall–Kier alpha value is -3.36. The van der Waals surface area contributed by atoms with Crippen molar-refractivity contribution >= 4 is 50.9 Å². The van der Waals surface area contributed by atoms with Crippen LogP contribution in [0.25, 0.3) is 0 Å². The third-order valence-corrected chi connectivity index (χ3v) is 12.5. The van der Waals surface area contributed by atoms with Crippen LogP contribution in [0.1, 0.15) is 6.42 Å². The van der Waals surface area contributed by atoms with Crippen molar-refractivity contribution in [3.05, 3.63) is 0 Å². The number of carboxylic acid groups (broad SMARTS) is 4. The van der Waals surface area contributed by atoms with Gasteiger partial charge >= 0.3 is 39.1 Å². The molecule has 1 aliphatic rings. The highest BCUT2D eigenvalue weighted by atomic mass is 31.2. The topological polar surface area (TPSA) is 492 Å². The number of aliphatic carboxylic acids is 4. The van der Waals surface area contributed by atoms with Gasteiger partial charge < -0.3 is 95.9 Å². The van der Waals surface area contributed by atoms with E-state index in [1.807, 2.05) is 5.32 Å². The number of carbonyl (C=O) groups excluding carboxylic acids is 2. The van der Waals surface area contributed by atoms with Gasteiger partial charge in [-0.15, -0.1) is 0 Å². The number of carbonyl (C=O) groups is 6. The second-order valence-electron chi connectivity index (χ2n) is 13.6. The Balaban J connectivity index is 3.34. The van der Waals surface area contributed by atoms with Crippen LogP contribution in [-0.4, -0.2) is 265 Å². The van der Waals surface area contributed by atoms with E-state index in [0.717, 1.165) is 9.80 Å². The molecule has 17 N–H and O–H groups in total. The first-order chi connectivity index (χ1) is 28.1. The molecular weight excluding hydrogens is 880 g/mol. The molecule has 1 rings (SSSR count). The first-order valence-electron chi connectivity index (χ1n) is 17.7. The van der Waals surface area contributed by atoms with Crippen molar-refractivity contribution in [2.45, 2.75) is 66.8 Å². The fourth-order valence-corrected chi connectivity index (χ4v) is 8.18. The average Bonchev–Trinajstić information content (AvgIpc) is 3.12. The molecule has 4 unspecified atom stereocenters. The largest absolute Gasteiger partial charge is 0.480 e. The summed E-state index contributed by atoms with van der Waals surface area (Å²) >= 11 is 0. The quantitative estimate of drug-likeness (QED) is 0.0297. The lowest BCUT2D eigenvalue weighted by Gasteiger charge is -2.44. The van der Waals surface area contributed by atoms with Crippen molar-refractivity contribution in [2.24, 2.45) is 0 Å². The molecule has 61 heavy (non-hydrogen) atoms. The molecule has 0 spiro atoms. The van der Waals surface area contributed by atoms with E-state index in [-0.39, 0.29) is 26.2 Å². The molecule has 2 amide bonds. The Kier molecular flexibility index (Phi) is 23.4. The highest BCUT2D eigenvalue weighted by Gasteiger charge is 2.49. The molecule has 1 aliphatic heterocycles. The smallest absolute Gasteiger partial charge is 0.341 e. The zero-order valence-electron chi connectivity index (χ0n) is 32.0. The number of nitrogens with zero attached hydrogens (tertiary/aromatic N) is 3. The Morgan fingerprint density at radius 1 is 0.656 bits per heavy atom. The molecule has 0 aromatic rings. The SMILES string of the molecule is O=C(O)CN(CCN(CC(=O)O)CC(=O)O)CCN(CC(=O)O)CC(=O)NC1[C@H](O[C@H](C(O)CO)[C@@H](O)C(CO)NC(=O)CC(P(=O)(O)O)P(=O)(O)O)OC(CO)[C@@H](O)[C@H]1O. The van der Waals surface area contributed by atoms with Crippen LogP contribution >= 0.6 is 15.2 Å². The van der Waals surface area contributed by atoms with Gasteiger partial charge in [-0.3, -0.25) is 52.6 Å².